The fraction of sp³-hybridized carbons (Fsp3) is 0.533. The summed E-state index contributed by atoms with van der Waals surface area (Å²) in [5.41, 5.74) is 5.90. The van der Waals surface area contributed by atoms with Crippen LogP contribution in [0.2, 0.25) is 0 Å². The zero-order valence-corrected chi connectivity index (χ0v) is 11.9. The number of carbonyl (C=O) groups excluding carboxylic acids is 1. The summed E-state index contributed by atoms with van der Waals surface area (Å²) in [5, 5.41) is 3.30. The number of halogens is 1. The van der Waals surface area contributed by atoms with Crippen LogP contribution in [0.15, 0.2) is 18.2 Å². The molecule has 0 saturated carbocycles. The van der Waals surface area contributed by atoms with Crippen LogP contribution in [-0.4, -0.2) is 37.5 Å². The average molecular weight is 279 g/mol. The third-order valence-electron chi connectivity index (χ3n) is 3.92. The van der Waals surface area contributed by atoms with Crippen LogP contribution in [0.5, 0.6) is 0 Å². The van der Waals surface area contributed by atoms with Crippen molar-refractivity contribution in [1.29, 1.82) is 0 Å². The topological polar surface area (TPSA) is 58.4 Å². The van der Waals surface area contributed by atoms with Gasteiger partial charge >= 0.3 is 0 Å². The lowest BCUT2D eigenvalue weighted by Gasteiger charge is -2.29. The smallest absolute Gasteiger partial charge is 0.248 e. The van der Waals surface area contributed by atoms with Gasteiger partial charge in [-0.1, -0.05) is 6.07 Å². The van der Waals surface area contributed by atoms with E-state index < -0.39 is 5.91 Å². The van der Waals surface area contributed by atoms with Crippen molar-refractivity contribution in [2.24, 2.45) is 11.7 Å². The highest BCUT2D eigenvalue weighted by Crippen LogP contribution is 2.15. The van der Waals surface area contributed by atoms with Crippen molar-refractivity contribution in [2.45, 2.75) is 19.4 Å². The third kappa shape index (κ3) is 4.02. The lowest BCUT2D eigenvalue weighted by Crippen LogP contribution is -2.34. The Morgan fingerprint density at radius 1 is 1.45 bits per heavy atom. The molecule has 0 unspecified atom stereocenters. The summed E-state index contributed by atoms with van der Waals surface area (Å²) in [5.74, 6) is -0.314. The van der Waals surface area contributed by atoms with Crippen molar-refractivity contribution in [3.05, 3.63) is 35.1 Å². The van der Waals surface area contributed by atoms with Crippen molar-refractivity contribution in [3.63, 3.8) is 0 Å². The summed E-state index contributed by atoms with van der Waals surface area (Å²) in [6.45, 7) is 3.66. The monoisotopic (exact) mass is 279 g/mol. The molecular weight excluding hydrogens is 257 g/mol. The summed E-state index contributed by atoms with van der Waals surface area (Å²) in [6.07, 6.45) is 2.37. The minimum absolute atomic E-state index is 0.210. The second-order valence-electron chi connectivity index (χ2n) is 5.55. The van der Waals surface area contributed by atoms with E-state index in [4.69, 9.17) is 5.73 Å². The maximum absolute atomic E-state index is 13.8. The molecular formula is C15H22FN3O. The summed E-state index contributed by atoms with van der Waals surface area (Å²) in [7, 11) is 2.14. The zero-order valence-electron chi connectivity index (χ0n) is 11.9. The minimum atomic E-state index is -0.602. The minimum Gasteiger partial charge on any atom is -0.366 e. The van der Waals surface area contributed by atoms with Gasteiger partial charge in [0.1, 0.15) is 5.82 Å². The van der Waals surface area contributed by atoms with Crippen LogP contribution in [0.25, 0.3) is 0 Å². The quantitative estimate of drug-likeness (QED) is 0.855. The molecule has 1 aromatic rings. The molecule has 0 radical (unpaired) electrons. The van der Waals surface area contributed by atoms with Crippen LogP contribution in [-0.2, 0) is 6.54 Å². The molecule has 1 aliphatic rings. The lowest BCUT2D eigenvalue weighted by molar-refractivity contribution is 0.1000. The Hall–Kier alpha value is -1.46. The molecule has 0 aromatic heterocycles. The molecule has 1 aliphatic heterocycles. The fourth-order valence-electron chi connectivity index (χ4n) is 2.52. The summed E-state index contributed by atoms with van der Waals surface area (Å²) in [4.78, 5) is 13.3. The Labute approximate surface area is 119 Å². The van der Waals surface area contributed by atoms with E-state index in [1.54, 1.807) is 12.1 Å². The first-order chi connectivity index (χ1) is 9.56. The largest absolute Gasteiger partial charge is 0.366 e. The van der Waals surface area contributed by atoms with E-state index in [2.05, 4.69) is 17.3 Å². The van der Waals surface area contributed by atoms with Crippen LogP contribution in [0.1, 0.15) is 28.8 Å². The summed E-state index contributed by atoms with van der Waals surface area (Å²) < 4.78 is 13.8. The molecule has 1 aromatic carbocycles. The van der Waals surface area contributed by atoms with Crippen molar-refractivity contribution in [1.82, 2.24) is 10.2 Å². The SMILES string of the molecule is CN1CCC(CNCc2ccc(C(N)=O)cc2F)CC1. The molecule has 1 saturated heterocycles. The molecule has 3 N–H and O–H groups in total. The summed E-state index contributed by atoms with van der Waals surface area (Å²) >= 11 is 0. The van der Waals surface area contributed by atoms with E-state index in [0.717, 1.165) is 19.6 Å². The first-order valence-corrected chi connectivity index (χ1v) is 7.03. The molecule has 20 heavy (non-hydrogen) atoms. The van der Waals surface area contributed by atoms with Gasteiger partial charge in [0.2, 0.25) is 5.91 Å². The second kappa shape index (κ2) is 6.81. The number of nitrogens with zero attached hydrogens (tertiary/aromatic N) is 1. The van der Waals surface area contributed by atoms with Crippen molar-refractivity contribution in [3.8, 4) is 0 Å². The number of amides is 1. The summed E-state index contributed by atoms with van der Waals surface area (Å²) in [6, 6.07) is 4.39. The number of primary amides is 1. The lowest BCUT2D eigenvalue weighted by atomic mass is 9.97. The zero-order chi connectivity index (χ0) is 14.5. The van der Waals surface area contributed by atoms with Gasteiger partial charge in [0.15, 0.2) is 0 Å². The van der Waals surface area contributed by atoms with Crippen molar-refractivity contribution < 1.29 is 9.18 Å². The van der Waals surface area contributed by atoms with Crippen LogP contribution in [0, 0.1) is 11.7 Å². The molecule has 0 atom stereocenters. The maximum atomic E-state index is 13.8. The standard InChI is InChI=1S/C15H22FN3O/c1-19-6-4-11(5-7-19)9-18-10-13-3-2-12(15(17)20)8-14(13)16/h2-3,8,11,18H,4-7,9-10H2,1H3,(H2,17,20). The number of nitrogens with one attached hydrogen (secondary N) is 1. The molecule has 110 valence electrons. The second-order valence-corrected chi connectivity index (χ2v) is 5.55. The van der Waals surface area contributed by atoms with Gasteiger partial charge in [-0.3, -0.25) is 4.79 Å². The highest BCUT2D eigenvalue weighted by Gasteiger charge is 2.16. The van der Waals surface area contributed by atoms with Gasteiger partial charge in [0, 0.05) is 17.7 Å². The van der Waals surface area contributed by atoms with E-state index >= 15 is 0 Å². The fourth-order valence-corrected chi connectivity index (χ4v) is 2.52. The number of hydrogen-bond donors (Lipinski definition) is 2. The maximum Gasteiger partial charge on any atom is 0.248 e. The van der Waals surface area contributed by atoms with Gasteiger partial charge in [-0.25, -0.2) is 4.39 Å². The first-order valence-electron chi connectivity index (χ1n) is 7.03. The van der Waals surface area contributed by atoms with E-state index in [1.165, 1.54) is 18.9 Å². The van der Waals surface area contributed by atoms with Crippen LogP contribution in [0.4, 0.5) is 4.39 Å². The molecule has 1 amide bonds. The average Bonchev–Trinajstić information content (AvgIpc) is 2.42. The Morgan fingerprint density at radius 3 is 2.75 bits per heavy atom. The Morgan fingerprint density at radius 2 is 2.15 bits per heavy atom. The third-order valence-corrected chi connectivity index (χ3v) is 3.92. The van der Waals surface area contributed by atoms with Gasteiger partial charge in [-0.15, -0.1) is 0 Å². The molecule has 0 bridgehead atoms. The molecule has 0 aliphatic carbocycles. The number of rotatable bonds is 5. The van der Waals surface area contributed by atoms with Crippen LogP contribution in [0.3, 0.4) is 0 Å². The molecule has 1 heterocycles. The highest BCUT2D eigenvalue weighted by atomic mass is 19.1. The number of nitrogens with two attached hydrogens (primary N) is 1. The highest BCUT2D eigenvalue weighted by molar-refractivity contribution is 5.92. The first kappa shape index (κ1) is 14.9. The van der Waals surface area contributed by atoms with E-state index in [1.807, 2.05) is 0 Å². The van der Waals surface area contributed by atoms with Gasteiger partial charge in [-0.2, -0.15) is 0 Å². The predicted octanol–water partition coefficient (Wildman–Crippen LogP) is 1.36. The van der Waals surface area contributed by atoms with Gasteiger partial charge in [0.05, 0.1) is 0 Å². The van der Waals surface area contributed by atoms with Crippen molar-refractivity contribution >= 4 is 5.91 Å². The molecule has 0 spiro atoms. The molecule has 5 heteroatoms. The Bertz CT molecular complexity index is 470. The van der Waals surface area contributed by atoms with Crippen molar-refractivity contribution in [2.75, 3.05) is 26.7 Å². The molecule has 2 rings (SSSR count). The number of carbonyl (C=O) groups is 1. The van der Waals surface area contributed by atoms with Gasteiger partial charge in [-0.05, 0) is 57.6 Å². The Balaban J connectivity index is 1.81. The molecule has 4 nitrogen and oxygen atoms in total. The number of likely N-dealkylation sites (tertiary alicyclic amines) is 1. The van der Waals surface area contributed by atoms with E-state index in [0.29, 0.717) is 18.0 Å². The Kier molecular flexibility index (Phi) is 5.09. The number of hydrogen-bond acceptors (Lipinski definition) is 3. The normalized spacial score (nSPS) is 17.3. The van der Waals surface area contributed by atoms with E-state index in [-0.39, 0.29) is 11.4 Å². The van der Waals surface area contributed by atoms with Crippen LogP contribution >= 0.6 is 0 Å². The predicted molar refractivity (Wildman–Crippen MR) is 76.8 cm³/mol. The van der Waals surface area contributed by atoms with E-state index in [9.17, 15) is 9.18 Å². The van der Waals surface area contributed by atoms with Gasteiger partial charge in [0.25, 0.3) is 0 Å². The molecule has 1 fully saturated rings. The number of benzene rings is 1. The number of piperidine rings is 1. The van der Waals surface area contributed by atoms with Crippen LogP contribution < -0.4 is 11.1 Å². The van der Waals surface area contributed by atoms with Gasteiger partial charge < -0.3 is 16.0 Å².